The number of ether oxygens (including phenoxy) is 1. The zero-order valence-corrected chi connectivity index (χ0v) is 10.6. The molecule has 4 heteroatoms. The molecule has 0 bridgehead atoms. The number of esters is 1. The minimum atomic E-state index is -0.177. The first kappa shape index (κ1) is 12.0. The summed E-state index contributed by atoms with van der Waals surface area (Å²) in [5.41, 5.74) is 2.15. The number of benzene rings is 1. The molecular weight excluding hydrogens is 234 g/mol. The fourth-order valence-electron chi connectivity index (χ4n) is 1.53. The Morgan fingerprint density at radius 2 is 2.18 bits per heavy atom. The number of carbonyl (C=O) groups excluding carboxylic acids is 1. The van der Waals surface area contributed by atoms with E-state index in [4.69, 9.17) is 4.74 Å². The first-order valence-electron chi connectivity index (χ1n) is 5.48. The maximum Gasteiger partial charge on any atom is 0.325 e. The highest BCUT2D eigenvalue weighted by molar-refractivity contribution is 8.02. The minimum Gasteiger partial charge on any atom is -0.459 e. The lowest BCUT2D eigenvalue weighted by Crippen LogP contribution is -2.26. The van der Waals surface area contributed by atoms with Crippen LogP contribution in [0.5, 0.6) is 0 Å². The van der Waals surface area contributed by atoms with Crippen LogP contribution in [0, 0.1) is 0 Å². The Morgan fingerprint density at radius 1 is 1.41 bits per heavy atom. The van der Waals surface area contributed by atoms with E-state index in [0.717, 1.165) is 17.1 Å². The van der Waals surface area contributed by atoms with E-state index in [1.165, 1.54) is 0 Å². The molecule has 0 saturated heterocycles. The van der Waals surface area contributed by atoms with Gasteiger partial charge in [0.25, 0.3) is 0 Å². The third-order valence-corrected chi connectivity index (χ3v) is 3.51. The Bertz CT molecular complexity index is 417. The molecular formula is C13H15NO2S. The van der Waals surface area contributed by atoms with Gasteiger partial charge in [-0.2, -0.15) is 0 Å². The van der Waals surface area contributed by atoms with E-state index in [2.05, 4.69) is 5.41 Å². The van der Waals surface area contributed by atoms with E-state index in [9.17, 15) is 4.79 Å². The summed E-state index contributed by atoms with van der Waals surface area (Å²) in [6.07, 6.45) is 0. The number of hydrogen-bond donors (Lipinski definition) is 0. The van der Waals surface area contributed by atoms with Gasteiger partial charge in [-0.05, 0) is 17.9 Å². The van der Waals surface area contributed by atoms with Crippen molar-refractivity contribution in [2.24, 2.45) is 0 Å². The maximum absolute atomic E-state index is 11.6. The SMILES string of the molecule is CC1=CSCN1CC(=O)OCc1ccccc1. The molecule has 0 spiro atoms. The van der Waals surface area contributed by atoms with Crippen LogP contribution in [-0.2, 0) is 16.1 Å². The third kappa shape index (κ3) is 3.53. The van der Waals surface area contributed by atoms with Crippen LogP contribution in [0.4, 0.5) is 0 Å². The highest BCUT2D eigenvalue weighted by Crippen LogP contribution is 2.21. The van der Waals surface area contributed by atoms with Gasteiger partial charge in [-0.15, -0.1) is 11.8 Å². The summed E-state index contributed by atoms with van der Waals surface area (Å²) in [5, 5.41) is 2.06. The summed E-state index contributed by atoms with van der Waals surface area (Å²) < 4.78 is 5.22. The highest BCUT2D eigenvalue weighted by Gasteiger charge is 2.15. The molecule has 0 N–H and O–H groups in total. The molecule has 90 valence electrons. The van der Waals surface area contributed by atoms with Gasteiger partial charge in [0.2, 0.25) is 0 Å². The highest BCUT2D eigenvalue weighted by atomic mass is 32.2. The van der Waals surface area contributed by atoms with Gasteiger partial charge in [0.15, 0.2) is 0 Å². The maximum atomic E-state index is 11.6. The molecule has 1 aliphatic heterocycles. The van der Waals surface area contributed by atoms with E-state index >= 15 is 0 Å². The molecule has 0 radical (unpaired) electrons. The average molecular weight is 249 g/mol. The van der Waals surface area contributed by atoms with Gasteiger partial charge in [-0.25, -0.2) is 0 Å². The summed E-state index contributed by atoms with van der Waals surface area (Å²) >= 11 is 1.70. The summed E-state index contributed by atoms with van der Waals surface area (Å²) in [5.74, 6) is 0.663. The first-order valence-corrected chi connectivity index (χ1v) is 6.53. The zero-order valence-electron chi connectivity index (χ0n) is 9.76. The van der Waals surface area contributed by atoms with Crippen molar-refractivity contribution in [1.29, 1.82) is 0 Å². The van der Waals surface area contributed by atoms with E-state index in [1.807, 2.05) is 42.2 Å². The number of rotatable bonds is 4. The summed E-state index contributed by atoms with van der Waals surface area (Å²) in [4.78, 5) is 13.6. The Kier molecular flexibility index (Phi) is 4.09. The van der Waals surface area contributed by atoms with Crippen molar-refractivity contribution in [3.05, 3.63) is 47.0 Å². The van der Waals surface area contributed by atoms with E-state index in [-0.39, 0.29) is 5.97 Å². The molecule has 1 aliphatic rings. The molecule has 0 aliphatic carbocycles. The average Bonchev–Trinajstić information content (AvgIpc) is 2.74. The lowest BCUT2D eigenvalue weighted by atomic mass is 10.2. The zero-order chi connectivity index (χ0) is 12.1. The summed E-state index contributed by atoms with van der Waals surface area (Å²) in [6.45, 7) is 2.69. The van der Waals surface area contributed by atoms with Crippen molar-refractivity contribution in [3.63, 3.8) is 0 Å². The van der Waals surface area contributed by atoms with Crippen molar-refractivity contribution in [2.45, 2.75) is 13.5 Å². The number of allylic oxidation sites excluding steroid dienone is 1. The molecule has 0 unspecified atom stereocenters. The number of carbonyl (C=O) groups is 1. The molecule has 0 saturated carbocycles. The Balaban J connectivity index is 1.77. The van der Waals surface area contributed by atoms with Crippen LogP contribution in [-0.4, -0.2) is 23.3 Å². The molecule has 1 aromatic rings. The predicted octanol–water partition coefficient (Wildman–Crippen LogP) is 2.60. The van der Waals surface area contributed by atoms with Crippen LogP contribution in [0.3, 0.4) is 0 Å². The quantitative estimate of drug-likeness (QED) is 0.767. The monoisotopic (exact) mass is 249 g/mol. The number of nitrogens with zero attached hydrogens (tertiary/aromatic N) is 1. The Hall–Kier alpha value is -1.42. The largest absolute Gasteiger partial charge is 0.459 e. The van der Waals surface area contributed by atoms with Gasteiger partial charge < -0.3 is 9.64 Å². The Morgan fingerprint density at radius 3 is 2.82 bits per heavy atom. The van der Waals surface area contributed by atoms with Crippen LogP contribution in [0.15, 0.2) is 41.4 Å². The molecule has 3 nitrogen and oxygen atoms in total. The van der Waals surface area contributed by atoms with Crippen LogP contribution < -0.4 is 0 Å². The summed E-state index contributed by atoms with van der Waals surface area (Å²) in [7, 11) is 0. The van der Waals surface area contributed by atoms with E-state index < -0.39 is 0 Å². The van der Waals surface area contributed by atoms with Gasteiger partial charge in [-0.1, -0.05) is 30.3 Å². The lowest BCUT2D eigenvalue weighted by molar-refractivity contribution is -0.145. The van der Waals surface area contributed by atoms with Crippen molar-refractivity contribution in [1.82, 2.24) is 4.90 Å². The molecule has 17 heavy (non-hydrogen) atoms. The molecule has 1 aromatic carbocycles. The fraction of sp³-hybridized carbons (Fsp3) is 0.308. The Labute approximate surface area is 105 Å². The smallest absolute Gasteiger partial charge is 0.325 e. The van der Waals surface area contributed by atoms with Crippen molar-refractivity contribution >= 4 is 17.7 Å². The molecule has 0 fully saturated rings. The molecule has 0 amide bonds. The van der Waals surface area contributed by atoms with Gasteiger partial charge in [-0.3, -0.25) is 4.79 Å². The van der Waals surface area contributed by atoms with Gasteiger partial charge in [0.1, 0.15) is 13.2 Å². The second kappa shape index (κ2) is 5.77. The standard InChI is InChI=1S/C13H15NO2S/c1-11-9-17-10-14(11)7-13(15)16-8-12-5-3-2-4-6-12/h2-6,9H,7-8,10H2,1H3. The first-order chi connectivity index (χ1) is 8.25. The van der Waals surface area contributed by atoms with Gasteiger partial charge >= 0.3 is 5.97 Å². The van der Waals surface area contributed by atoms with Crippen molar-refractivity contribution in [3.8, 4) is 0 Å². The molecule has 2 rings (SSSR count). The minimum absolute atomic E-state index is 0.177. The normalized spacial score (nSPS) is 14.6. The fourth-order valence-corrected chi connectivity index (χ4v) is 2.47. The van der Waals surface area contributed by atoms with Crippen LogP contribution >= 0.6 is 11.8 Å². The number of hydrogen-bond acceptors (Lipinski definition) is 4. The van der Waals surface area contributed by atoms with E-state index in [1.54, 1.807) is 11.8 Å². The second-order valence-electron chi connectivity index (χ2n) is 3.90. The lowest BCUT2D eigenvalue weighted by Gasteiger charge is -2.17. The summed E-state index contributed by atoms with van der Waals surface area (Å²) in [6, 6.07) is 9.72. The van der Waals surface area contributed by atoms with E-state index in [0.29, 0.717) is 13.2 Å². The van der Waals surface area contributed by atoms with Crippen LogP contribution in [0.2, 0.25) is 0 Å². The van der Waals surface area contributed by atoms with Crippen LogP contribution in [0.1, 0.15) is 12.5 Å². The molecule has 0 aromatic heterocycles. The predicted molar refractivity (Wildman–Crippen MR) is 69.2 cm³/mol. The van der Waals surface area contributed by atoms with Gasteiger partial charge in [0.05, 0.1) is 5.88 Å². The third-order valence-electron chi connectivity index (χ3n) is 2.55. The second-order valence-corrected chi connectivity index (χ2v) is 4.73. The number of thioether (sulfide) groups is 1. The van der Waals surface area contributed by atoms with Crippen LogP contribution in [0.25, 0.3) is 0 Å². The van der Waals surface area contributed by atoms with Crippen molar-refractivity contribution in [2.75, 3.05) is 12.4 Å². The molecule has 0 atom stereocenters. The molecule has 1 heterocycles. The topological polar surface area (TPSA) is 29.5 Å². The van der Waals surface area contributed by atoms with Gasteiger partial charge in [0, 0.05) is 5.70 Å². The van der Waals surface area contributed by atoms with Crippen molar-refractivity contribution < 1.29 is 9.53 Å².